The summed E-state index contributed by atoms with van der Waals surface area (Å²) in [7, 11) is 3.59. The van der Waals surface area contributed by atoms with Gasteiger partial charge in [0.1, 0.15) is 11.6 Å². The molecule has 2 amide bonds. The fraction of sp³-hybridized carbons (Fsp3) is 0.250. The van der Waals surface area contributed by atoms with Crippen molar-refractivity contribution >= 4 is 39.9 Å². The first-order valence-corrected chi connectivity index (χ1v) is 10.2. The molecule has 2 aliphatic rings. The summed E-state index contributed by atoms with van der Waals surface area (Å²) in [5, 5.41) is 7.67. The van der Waals surface area contributed by atoms with Crippen molar-refractivity contribution in [3.05, 3.63) is 53.3 Å². The fourth-order valence-corrected chi connectivity index (χ4v) is 3.76. The number of anilines is 3. The number of carbonyl (C=O) groups excluding carboxylic acids is 2. The second-order valence-electron chi connectivity index (χ2n) is 7.87. The number of pyridine rings is 2. The summed E-state index contributed by atoms with van der Waals surface area (Å²) in [5.74, 6) is 7.82. The Labute approximate surface area is 179 Å². The molecule has 3 heterocycles. The third-order valence-corrected chi connectivity index (χ3v) is 5.71. The Morgan fingerprint density at radius 3 is 2.74 bits per heavy atom. The average Bonchev–Trinajstić information content (AvgIpc) is 3.58. The molecule has 7 nitrogen and oxygen atoms in total. The van der Waals surface area contributed by atoms with Crippen molar-refractivity contribution in [1.82, 2.24) is 9.97 Å². The van der Waals surface area contributed by atoms with Crippen LogP contribution in [0.4, 0.5) is 17.3 Å². The highest BCUT2D eigenvalue weighted by Gasteiger charge is 2.30. The average molecular weight is 411 g/mol. The summed E-state index contributed by atoms with van der Waals surface area (Å²) >= 11 is 0. The molecule has 5 rings (SSSR count). The quantitative estimate of drug-likeness (QED) is 0.647. The molecule has 0 spiro atoms. The second kappa shape index (κ2) is 7.40. The highest BCUT2D eigenvalue weighted by molar-refractivity contribution is 6.01. The summed E-state index contributed by atoms with van der Waals surface area (Å²) < 4.78 is 0. The number of hydrogen-bond donors (Lipinski definition) is 2. The number of amides is 2. The third kappa shape index (κ3) is 3.57. The number of carbonyl (C=O) groups is 2. The molecule has 2 aromatic heterocycles. The zero-order valence-electron chi connectivity index (χ0n) is 17.3. The minimum atomic E-state index is 0.0139. The van der Waals surface area contributed by atoms with Crippen molar-refractivity contribution in [2.45, 2.75) is 19.3 Å². The Bertz CT molecular complexity index is 1300. The number of rotatable bonds is 3. The fourth-order valence-electron chi connectivity index (χ4n) is 3.76. The van der Waals surface area contributed by atoms with Crippen LogP contribution in [-0.4, -0.2) is 35.9 Å². The van der Waals surface area contributed by atoms with Gasteiger partial charge in [0.15, 0.2) is 0 Å². The van der Waals surface area contributed by atoms with Crippen LogP contribution in [0, 0.1) is 17.8 Å². The summed E-state index contributed by atoms with van der Waals surface area (Å²) in [5.41, 5.74) is 3.50. The topological polar surface area (TPSA) is 87.2 Å². The largest absolute Gasteiger partial charge is 0.373 e. The first-order valence-electron chi connectivity index (χ1n) is 10.2. The van der Waals surface area contributed by atoms with Gasteiger partial charge in [-0.05, 0) is 42.7 Å². The van der Waals surface area contributed by atoms with Crippen molar-refractivity contribution < 1.29 is 9.59 Å². The van der Waals surface area contributed by atoms with Crippen LogP contribution in [-0.2, 0) is 16.0 Å². The van der Waals surface area contributed by atoms with Gasteiger partial charge in [0.05, 0.1) is 12.0 Å². The molecule has 1 saturated carbocycles. The highest BCUT2D eigenvalue weighted by atomic mass is 16.2. The van der Waals surface area contributed by atoms with Crippen LogP contribution in [0.1, 0.15) is 29.5 Å². The number of likely N-dealkylation sites (N-methyl/N-ethyl adjacent to an activating group) is 1. The number of hydrogen-bond acceptors (Lipinski definition) is 5. The van der Waals surface area contributed by atoms with E-state index >= 15 is 0 Å². The van der Waals surface area contributed by atoms with Crippen LogP contribution in [0.15, 0.2) is 36.7 Å². The van der Waals surface area contributed by atoms with Gasteiger partial charge >= 0.3 is 0 Å². The SMILES string of the molecule is CNc1ncc(C#Cc2ccc3c(c2)CC(=O)N3C)c2cc(NC(=O)C3CC3)ncc12. The minimum absolute atomic E-state index is 0.0139. The number of nitrogens with one attached hydrogen (secondary N) is 2. The van der Waals surface area contributed by atoms with E-state index in [1.807, 2.05) is 24.3 Å². The molecule has 0 radical (unpaired) electrons. The predicted octanol–water partition coefficient (Wildman–Crippen LogP) is 2.94. The minimum Gasteiger partial charge on any atom is -0.373 e. The van der Waals surface area contributed by atoms with Crippen LogP contribution < -0.4 is 15.5 Å². The summed E-state index contributed by atoms with van der Waals surface area (Å²) in [6.45, 7) is 0. The lowest BCUT2D eigenvalue weighted by atomic mass is 10.1. The Morgan fingerprint density at radius 1 is 1.13 bits per heavy atom. The molecule has 1 fully saturated rings. The molecule has 0 atom stereocenters. The molecular weight excluding hydrogens is 390 g/mol. The molecule has 0 unspecified atom stereocenters. The molecule has 0 bridgehead atoms. The highest BCUT2D eigenvalue weighted by Crippen LogP contribution is 2.31. The molecule has 1 aromatic carbocycles. The standard InChI is InChI=1S/C24H21N5O2/c1-25-23-19-13-26-21(28-24(31)15-6-7-15)11-18(19)16(12-27-23)5-3-14-4-8-20-17(9-14)10-22(30)29(20)2/h4,8-9,11-13,15H,6-7,10H2,1-2H3,(H,25,27)(H,26,28,31). The normalized spacial score (nSPS) is 14.8. The molecule has 154 valence electrons. The van der Waals surface area contributed by atoms with E-state index in [1.54, 1.807) is 31.4 Å². The Balaban J connectivity index is 1.52. The lowest BCUT2D eigenvalue weighted by Gasteiger charge is -2.09. The van der Waals surface area contributed by atoms with Crippen molar-refractivity contribution in [1.29, 1.82) is 0 Å². The molecule has 1 aliphatic heterocycles. The molecule has 2 N–H and O–H groups in total. The summed E-state index contributed by atoms with van der Waals surface area (Å²) in [6.07, 6.45) is 5.70. The van der Waals surface area contributed by atoms with E-state index in [9.17, 15) is 9.59 Å². The summed E-state index contributed by atoms with van der Waals surface area (Å²) in [4.78, 5) is 34.6. The number of aromatic nitrogens is 2. The van der Waals surface area contributed by atoms with E-state index in [4.69, 9.17) is 0 Å². The number of benzene rings is 1. The first kappa shape index (κ1) is 19.1. The van der Waals surface area contributed by atoms with Gasteiger partial charge in [0.25, 0.3) is 0 Å². The van der Waals surface area contributed by atoms with E-state index < -0.39 is 0 Å². The second-order valence-corrected chi connectivity index (χ2v) is 7.87. The van der Waals surface area contributed by atoms with Gasteiger partial charge in [0, 0.05) is 54.4 Å². The van der Waals surface area contributed by atoms with Crippen LogP contribution in [0.25, 0.3) is 10.8 Å². The van der Waals surface area contributed by atoms with Gasteiger partial charge in [-0.3, -0.25) is 9.59 Å². The maximum absolute atomic E-state index is 12.1. The van der Waals surface area contributed by atoms with Crippen LogP contribution in [0.2, 0.25) is 0 Å². The van der Waals surface area contributed by atoms with Gasteiger partial charge in [-0.25, -0.2) is 9.97 Å². The van der Waals surface area contributed by atoms with Crippen molar-refractivity contribution in [3.8, 4) is 11.8 Å². The monoisotopic (exact) mass is 411 g/mol. The predicted molar refractivity (Wildman–Crippen MR) is 120 cm³/mol. The van der Waals surface area contributed by atoms with Crippen molar-refractivity contribution in [3.63, 3.8) is 0 Å². The van der Waals surface area contributed by atoms with Gasteiger partial charge in [-0.2, -0.15) is 0 Å². The summed E-state index contributed by atoms with van der Waals surface area (Å²) in [6, 6.07) is 7.66. The van der Waals surface area contributed by atoms with E-state index in [2.05, 4.69) is 32.4 Å². The Kier molecular flexibility index (Phi) is 4.55. The lowest BCUT2D eigenvalue weighted by Crippen LogP contribution is -2.20. The van der Waals surface area contributed by atoms with Gasteiger partial charge < -0.3 is 15.5 Å². The van der Waals surface area contributed by atoms with E-state index in [0.29, 0.717) is 18.1 Å². The van der Waals surface area contributed by atoms with Gasteiger partial charge in [-0.1, -0.05) is 11.8 Å². The Hall–Kier alpha value is -3.92. The van der Waals surface area contributed by atoms with E-state index in [-0.39, 0.29) is 17.7 Å². The molecule has 31 heavy (non-hydrogen) atoms. The maximum Gasteiger partial charge on any atom is 0.231 e. The van der Waals surface area contributed by atoms with Gasteiger partial charge in [-0.15, -0.1) is 0 Å². The zero-order chi connectivity index (χ0) is 21.5. The first-order chi connectivity index (χ1) is 15.0. The number of fused-ring (bicyclic) bond motifs is 2. The molecule has 3 aromatic rings. The molecule has 7 heteroatoms. The van der Waals surface area contributed by atoms with Crippen LogP contribution in [0.3, 0.4) is 0 Å². The van der Waals surface area contributed by atoms with Crippen molar-refractivity contribution in [2.75, 3.05) is 29.6 Å². The lowest BCUT2D eigenvalue weighted by molar-refractivity contribution is -0.118. The molecule has 1 aliphatic carbocycles. The van der Waals surface area contributed by atoms with Crippen LogP contribution >= 0.6 is 0 Å². The Morgan fingerprint density at radius 2 is 1.97 bits per heavy atom. The van der Waals surface area contributed by atoms with E-state index in [0.717, 1.165) is 46.0 Å². The number of nitrogens with zero attached hydrogens (tertiary/aromatic N) is 3. The third-order valence-electron chi connectivity index (χ3n) is 5.71. The molecule has 0 saturated heterocycles. The smallest absolute Gasteiger partial charge is 0.231 e. The maximum atomic E-state index is 12.1. The van der Waals surface area contributed by atoms with Crippen LogP contribution in [0.5, 0.6) is 0 Å². The van der Waals surface area contributed by atoms with Crippen molar-refractivity contribution in [2.24, 2.45) is 5.92 Å². The zero-order valence-corrected chi connectivity index (χ0v) is 17.3. The van der Waals surface area contributed by atoms with Gasteiger partial charge in [0.2, 0.25) is 11.8 Å². The van der Waals surface area contributed by atoms with E-state index in [1.165, 1.54) is 0 Å². The molecular formula is C24H21N5O2.